The van der Waals surface area contributed by atoms with Crippen LogP contribution in [0.5, 0.6) is 0 Å². The van der Waals surface area contributed by atoms with Gasteiger partial charge in [-0.1, -0.05) is 11.3 Å². The molecule has 0 saturated heterocycles. The van der Waals surface area contributed by atoms with Crippen LogP contribution in [-0.2, 0) is 11.3 Å². The van der Waals surface area contributed by atoms with Crippen molar-refractivity contribution in [3.8, 4) is 10.4 Å². The summed E-state index contributed by atoms with van der Waals surface area (Å²) in [5.74, 6) is 1.57. The molecule has 4 aliphatic rings. The van der Waals surface area contributed by atoms with Crippen LogP contribution in [-0.4, -0.2) is 30.4 Å². The first-order valence-corrected chi connectivity index (χ1v) is 11.8. The Kier molecular flexibility index (Phi) is 5.69. The molecule has 166 valence electrons. The quantitative estimate of drug-likeness (QED) is 0.730. The molecule has 1 aromatic carbocycles. The molecule has 2 aromatic rings. The summed E-state index contributed by atoms with van der Waals surface area (Å²) in [6.45, 7) is 0.923. The van der Waals surface area contributed by atoms with E-state index >= 15 is 0 Å². The van der Waals surface area contributed by atoms with Crippen LogP contribution in [0, 0.1) is 35.3 Å². The number of hydrogen-bond donors (Lipinski definition) is 1. The predicted molar refractivity (Wildman–Crippen MR) is 114 cm³/mol. The molecule has 31 heavy (non-hydrogen) atoms. The van der Waals surface area contributed by atoms with Crippen LogP contribution < -0.4 is 10.1 Å². The number of carbonyl (C=O) groups excluding carboxylic acids is 1. The SMILES string of the molecule is COCCn1cc(-c2ccc(F)cc2F)s/c1=N\C(=O)NC1C2CC3CC(C2)CC1C3. The van der Waals surface area contributed by atoms with Gasteiger partial charge in [-0.3, -0.25) is 0 Å². The number of ether oxygens (including phenoxy) is 1. The largest absolute Gasteiger partial charge is 0.383 e. The Labute approximate surface area is 184 Å². The number of rotatable bonds is 5. The van der Waals surface area contributed by atoms with Gasteiger partial charge in [-0.15, -0.1) is 0 Å². The fourth-order valence-corrected chi connectivity index (χ4v) is 7.10. The fraction of sp³-hybridized carbons (Fsp3) is 0.565. The second kappa shape index (κ2) is 8.47. The molecule has 0 spiro atoms. The van der Waals surface area contributed by atoms with Gasteiger partial charge >= 0.3 is 6.03 Å². The fourth-order valence-electron chi connectivity index (χ4n) is 6.05. The second-order valence-electron chi connectivity index (χ2n) is 9.21. The van der Waals surface area contributed by atoms with E-state index < -0.39 is 11.6 Å². The number of methoxy groups -OCH3 is 1. The molecule has 0 radical (unpaired) electrons. The zero-order valence-electron chi connectivity index (χ0n) is 17.5. The summed E-state index contributed by atoms with van der Waals surface area (Å²) in [5.41, 5.74) is 0.292. The summed E-state index contributed by atoms with van der Waals surface area (Å²) in [6.07, 6.45) is 8.00. The van der Waals surface area contributed by atoms with Gasteiger partial charge in [0.25, 0.3) is 0 Å². The summed E-state index contributed by atoms with van der Waals surface area (Å²) in [5, 5.41) is 3.19. The summed E-state index contributed by atoms with van der Waals surface area (Å²) in [6, 6.07) is 3.38. The van der Waals surface area contributed by atoms with Crippen molar-refractivity contribution in [2.75, 3.05) is 13.7 Å². The molecule has 2 amide bonds. The van der Waals surface area contributed by atoms with E-state index in [2.05, 4.69) is 10.3 Å². The van der Waals surface area contributed by atoms with E-state index in [1.54, 1.807) is 17.9 Å². The van der Waals surface area contributed by atoms with Gasteiger partial charge in [0.15, 0.2) is 4.80 Å². The summed E-state index contributed by atoms with van der Waals surface area (Å²) < 4.78 is 34.6. The number of nitrogens with zero attached hydrogens (tertiary/aromatic N) is 2. The third-order valence-corrected chi connectivity index (χ3v) is 8.22. The smallest absolute Gasteiger partial charge is 0.343 e. The molecule has 5 nitrogen and oxygen atoms in total. The van der Waals surface area contributed by atoms with Gasteiger partial charge in [-0.25, -0.2) is 13.6 Å². The first-order chi connectivity index (χ1) is 15.0. The van der Waals surface area contributed by atoms with E-state index in [1.165, 1.54) is 55.6 Å². The Balaban J connectivity index is 1.40. The van der Waals surface area contributed by atoms with Gasteiger partial charge < -0.3 is 14.6 Å². The van der Waals surface area contributed by atoms with E-state index in [0.717, 1.165) is 17.9 Å². The Morgan fingerprint density at radius 3 is 2.55 bits per heavy atom. The number of hydrogen-bond acceptors (Lipinski definition) is 3. The van der Waals surface area contributed by atoms with Crippen LogP contribution in [0.25, 0.3) is 10.4 Å². The molecule has 1 N–H and O–H groups in total. The van der Waals surface area contributed by atoms with Crippen LogP contribution in [0.3, 0.4) is 0 Å². The van der Waals surface area contributed by atoms with Gasteiger partial charge in [0.1, 0.15) is 11.6 Å². The molecule has 4 saturated carbocycles. The number of nitrogens with one attached hydrogen (secondary N) is 1. The lowest BCUT2D eigenvalue weighted by atomic mass is 9.54. The summed E-state index contributed by atoms with van der Waals surface area (Å²) >= 11 is 1.22. The highest BCUT2D eigenvalue weighted by Crippen LogP contribution is 2.53. The van der Waals surface area contributed by atoms with Gasteiger partial charge in [-0.2, -0.15) is 4.99 Å². The molecular formula is C23H27F2N3O2S. The average molecular weight is 448 g/mol. The van der Waals surface area contributed by atoms with Crippen LogP contribution >= 0.6 is 11.3 Å². The minimum atomic E-state index is -0.635. The lowest BCUT2D eigenvalue weighted by Gasteiger charge is -2.54. The molecule has 1 aromatic heterocycles. The molecule has 6 rings (SSSR count). The van der Waals surface area contributed by atoms with Crippen LogP contribution in [0.15, 0.2) is 29.4 Å². The predicted octanol–water partition coefficient (Wildman–Crippen LogP) is 4.58. The zero-order valence-corrected chi connectivity index (χ0v) is 18.3. The monoisotopic (exact) mass is 447 g/mol. The Morgan fingerprint density at radius 2 is 1.90 bits per heavy atom. The number of amides is 2. The standard InChI is InChI=1S/C23H27F2N3O2S/c1-30-5-4-28-12-20(18-3-2-17(24)11-19(18)25)31-23(28)27-22(29)26-21-15-7-13-6-14(9-15)10-16(21)8-13/h2-3,11-16,21H,4-10H2,1H3,(H,26,29)/b27-23-. The van der Waals surface area contributed by atoms with E-state index in [1.807, 2.05) is 0 Å². The highest BCUT2D eigenvalue weighted by molar-refractivity contribution is 7.12. The maximum Gasteiger partial charge on any atom is 0.343 e. The lowest BCUT2D eigenvalue weighted by molar-refractivity contribution is -0.00904. The summed E-state index contributed by atoms with van der Waals surface area (Å²) in [7, 11) is 1.60. The van der Waals surface area contributed by atoms with Crippen molar-refractivity contribution in [1.82, 2.24) is 9.88 Å². The van der Waals surface area contributed by atoms with Crippen LogP contribution in [0.2, 0.25) is 0 Å². The molecule has 4 aliphatic carbocycles. The third kappa shape index (κ3) is 4.20. The van der Waals surface area contributed by atoms with Crippen LogP contribution in [0.4, 0.5) is 13.6 Å². The number of carbonyl (C=O) groups is 1. The highest BCUT2D eigenvalue weighted by atomic mass is 32.1. The topological polar surface area (TPSA) is 55.6 Å². The maximum absolute atomic E-state index is 14.3. The molecule has 0 aliphatic heterocycles. The van der Waals surface area contributed by atoms with Crippen molar-refractivity contribution in [2.24, 2.45) is 28.7 Å². The summed E-state index contributed by atoms with van der Waals surface area (Å²) in [4.78, 5) is 18.3. The Hall–Kier alpha value is -2.06. The van der Waals surface area contributed by atoms with Gasteiger partial charge in [-0.05, 0) is 67.9 Å². The first-order valence-electron chi connectivity index (χ1n) is 11.0. The third-order valence-electron chi connectivity index (χ3n) is 7.17. The molecule has 0 atom stereocenters. The van der Waals surface area contributed by atoms with E-state index in [-0.39, 0.29) is 12.1 Å². The number of benzene rings is 1. The van der Waals surface area contributed by atoms with Crippen molar-refractivity contribution in [1.29, 1.82) is 0 Å². The second-order valence-corrected chi connectivity index (χ2v) is 10.2. The Morgan fingerprint density at radius 1 is 1.19 bits per heavy atom. The maximum atomic E-state index is 14.3. The van der Waals surface area contributed by atoms with E-state index in [4.69, 9.17) is 4.74 Å². The number of aromatic nitrogens is 1. The lowest BCUT2D eigenvalue weighted by Crippen LogP contribution is -2.55. The molecule has 4 fully saturated rings. The van der Waals surface area contributed by atoms with Gasteiger partial charge in [0, 0.05) is 37.5 Å². The molecular weight excluding hydrogens is 420 g/mol. The minimum Gasteiger partial charge on any atom is -0.383 e. The van der Waals surface area contributed by atoms with Gasteiger partial charge in [0.05, 0.1) is 11.5 Å². The zero-order chi connectivity index (χ0) is 21.5. The number of urea groups is 1. The minimum absolute atomic E-state index is 0.213. The molecule has 8 heteroatoms. The van der Waals surface area contributed by atoms with Crippen molar-refractivity contribution in [2.45, 2.75) is 44.7 Å². The normalized spacial score (nSPS) is 29.5. The van der Waals surface area contributed by atoms with Crippen molar-refractivity contribution < 1.29 is 18.3 Å². The molecule has 4 bridgehead atoms. The van der Waals surface area contributed by atoms with Gasteiger partial charge in [0.2, 0.25) is 0 Å². The molecule has 1 heterocycles. The van der Waals surface area contributed by atoms with E-state index in [0.29, 0.717) is 40.2 Å². The van der Waals surface area contributed by atoms with Crippen molar-refractivity contribution in [3.63, 3.8) is 0 Å². The number of thiazole rings is 1. The van der Waals surface area contributed by atoms with Crippen LogP contribution in [0.1, 0.15) is 32.1 Å². The average Bonchev–Trinajstić information content (AvgIpc) is 3.10. The number of halogens is 2. The first kappa shape index (κ1) is 20.8. The molecule has 0 unspecified atom stereocenters. The van der Waals surface area contributed by atoms with Crippen molar-refractivity contribution >= 4 is 17.4 Å². The van der Waals surface area contributed by atoms with E-state index in [9.17, 15) is 13.6 Å². The highest BCUT2D eigenvalue weighted by Gasteiger charge is 2.48. The van der Waals surface area contributed by atoms with Crippen molar-refractivity contribution in [3.05, 3.63) is 40.8 Å². The Bertz CT molecular complexity index is 1020.